The molecule has 0 atom stereocenters. The van der Waals surface area contributed by atoms with Crippen LogP contribution in [-0.2, 0) is 33.3 Å². The van der Waals surface area contributed by atoms with E-state index in [1.54, 1.807) is 0 Å². The second kappa shape index (κ2) is 10.0. The quantitative estimate of drug-likeness (QED) is 0.325. The minimum Gasteiger partial charge on any atom is -0.207 e. The molecule has 5 rings (SSSR count). The lowest BCUT2D eigenvalue weighted by molar-refractivity contribution is 0.138. The van der Waals surface area contributed by atoms with E-state index in [1.165, 1.54) is 24.3 Å². The van der Waals surface area contributed by atoms with Crippen molar-refractivity contribution in [1.82, 2.24) is 22.8 Å². The third kappa shape index (κ3) is 5.46. The summed E-state index contributed by atoms with van der Waals surface area (Å²) in [7, 11) is -9.37. The van der Waals surface area contributed by atoms with Gasteiger partial charge in [-0.15, -0.1) is 9.19 Å². The highest BCUT2D eigenvalue weighted by Gasteiger charge is 2.44. The van der Waals surface area contributed by atoms with Crippen LogP contribution >= 0.6 is 0 Å². The molecular weight excluding hydrogens is 550 g/mol. The zero-order valence-electron chi connectivity index (χ0n) is 19.8. The summed E-state index contributed by atoms with van der Waals surface area (Å²) < 4.78 is 110. The molecule has 0 unspecified atom stereocenters. The minimum absolute atomic E-state index is 0.0185. The van der Waals surface area contributed by atoms with Crippen molar-refractivity contribution >= 4 is 20.2 Å². The van der Waals surface area contributed by atoms with Crippen LogP contribution in [0.15, 0.2) is 53.7 Å². The highest BCUT2D eigenvalue weighted by Crippen LogP contribution is 2.35. The van der Waals surface area contributed by atoms with E-state index < -0.39 is 61.4 Å². The summed E-state index contributed by atoms with van der Waals surface area (Å²) >= 11 is 0. The van der Waals surface area contributed by atoms with Crippen molar-refractivity contribution in [3.63, 3.8) is 0 Å². The van der Waals surface area contributed by atoms with Gasteiger partial charge in [-0.25, -0.2) is 26.0 Å². The van der Waals surface area contributed by atoms with Crippen LogP contribution in [-0.4, -0.2) is 51.7 Å². The van der Waals surface area contributed by atoms with E-state index in [-0.39, 0.29) is 17.2 Å². The molecule has 15 heteroatoms. The fourth-order valence-corrected chi connectivity index (χ4v) is 7.19. The highest BCUT2D eigenvalue weighted by atomic mass is 32.2. The molecule has 2 fully saturated rings. The number of halogens is 4. The van der Waals surface area contributed by atoms with Crippen LogP contribution in [0.25, 0.3) is 0 Å². The first-order valence-corrected chi connectivity index (χ1v) is 14.6. The van der Waals surface area contributed by atoms with Gasteiger partial charge in [0.2, 0.25) is 5.82 Å². The monoisotopic (exact) mass is 573 g/mol. The lowest BCUT2D eigenvalue weighted by atomic mass is 10.2. The maximum Gasteiger partial charge on any atom is 0.325 e. The number of nitrogens with zero attached hydrogens (tertiary/aromatic N) is 5. The van der Waals surface area contributed by atoms with Gasteiger partial charge >= 0.3 is 10.2 Å². The van der Waals surface area contributed by atoms with E-state index in [4.69, 9.17) is 0 Å². The summed E-state index contributed by atoms with van der Waals surface area (Å²) in [6.07, 6.45) is -1.49. The summed E-state index contributed by atoms with van der Waals surface area (Å²) in [5, 5.41) is 2.53. The Balaban J connectivity index is 1.50. The molecule has 9 nitrogen and oxygen atoms in total. The van der Waals surface area contributed by atoms with Crippen molar-refractivity contribution < 1.29 is 34.4 Å². The van der Waals surface area contributed by atoms with Crippen molar-refractivity contribution in [2.75, 3.05) is 0 Å². The van der Waals surface area contributed by atoms with E-state index >= 15 is 0 Å². The average molecular weight is 574 g/mol. The Hall–Kier alpha value is -2.88. The number of hydrogen-bond donors (Lipinski definition) is 0. The Labute approximate surface area is 216 Å². The van der Waals surface area contributed by atoms with Crippen molar-refractivity contribution in [2.45, 2.75) is 62.4 Å². The normalized spacial score (nSPS) is 16.6. The van der Waals surface area contributed by atoms with Crippen LogP contribution in [0.2, 0.25) is 0 Å². The van der Waals surface area contributed by atoms with Gasteiger partial charge in [-0.2, -0.15) is 22.0 Å². The van der Waals surface area contributed by atoms with E-state index in [1.807, 2.05) is 0 Å². The van der Waals surface area contributed by atoms with Gasteiger partial charge in [-0.05, 0) is 61.1 Å². The minimum atomic E-state index is -4.78. The molecular formula is C23H23F4N5O4S2. The largest absolute Gasteiger partial charge is 0.325 e. The number of benzene rings is 2. The molecule has 3 aromatic rings. The number of alkyl halides is 2. The molecule has 1 aromatic heterocycles. The number of rotatable bonds is 11. The van der Waals surface area contributed by atoms with Gasteiger partial charge in [-0.1, -0.05) is 24.3 Å². The molecule has 0 N–H and O–H groups in total. The number of aromatic nitrogens is 3. The van der Waals surface area contributed by atoms with Crippen molar-refractivity contribution in [2.24, 2.45) is 0 Å². The van der Waals surface area contributed by atoms with Gasteiger partial charge < -0.3 is 0 Å². The first-order chi connectivity index (χ1) is 18.0. The van der Waals surface area contributed by atoms with Gasteiger partial charge in [0.05, 0.1) is 0 Å². The van der Waals surface area contributed by atoms with Gasteiger partial charge in [0, 0.05) is 25.2 Å². The zero-order valence-corrected chi connectivity index (χ0v) is 21.4. The second-order valence-corrected chi connectivity index (χ2v) is 12.7. The van der Waals surface area contributed by atoms with Crippen molar-refractivity contribution in [3.8, 4) is 0 Å². The summed E-state index contributed by atoms with van der Waals surface area (Å²) in [4.78, 5) is 3.47. The van der Waals surface area contributed by atoms with E-state index in [0.29, 0.717) is 36.8 Å². The van der Waals surface area contributed by atoms with Gasteiger partial charge in [0.15, 0.2) is 0 Å². The van der Waals surface area contributed by atoms with Gasteiger partial charge in [-0.3, -0.25) is 0 Å². The summed E-state index contributed by atoms with van der Waals surface area (Å²) in [5.74, 6) is -2.37. The molecule has 0 bridgehead atoms. The van der Waals surface area contributed by atoms with E-state index in [0.717, 1.165) is 32.9 Å². The summed E-state index contributed by atoms with van der Waals surface area (Å²) in [5.41, 5.74) is 0.856. The average Bonchev–Trinajstić information content (AvgIpc) is 3.81. The van der Waals surface area contributed by atoms with Crippen LogP contribution < -0.4 is 0 Å². The number of sulfonamides is 1. The predicted molar refractivity (Wildman–Crippen MR) is 126 cm³/mol. The number of hydrogen-bond acceptors (Lipinski definition) is 6. The third-order valence-corrected chi connectivity index (χ3v) is 9.65. The highest BCUT2D eigenvalue weighted by molar-refractivity contribution is 7.89. The molecule has 0 amide bonds. The SMILES string of the molecule is O=S(=O)(c1nc(C(F)F)n(S(=O)(=O)N(Cc2ccc(F)cc2)C2CC2)n1)N(Cc1ccc(F)cc1)C1CC1. The molecule has 2 aromatic carbocycles. The third-order valence-electron chi connectivity index (χ3n) is 6.24. The Morgan fingerprint density at radius 3 is 1.68 bits per heavy atom. The Morgan fingerprint density at radius 2 is 1.24 bits per heavy atom. The van der Waals surface area contributed by atoms with Crippen molar-refractivity contribution in [3.05, 3.63) is 77.1 Å². The standard InChI is InChI=1S/C23H23F4N5O4S2/c24-17-5-1-15(2-6-17)13-30(19-9-10-19)37(33,34)23-28-22(21(26)27)32(29-23)38(35,36)31(20-11-12-20)14-16-3-7-18(25)8-4-16/h1-8,19-21H,9-14H2. The Bertz CT molecular complexity index is 1520. The Morgan fingerprint density at radius 1 is 0.789 bits per heavy atom. The topological polar surface area (TPSA) is 105 Å². The molecule has 38 heavy (non-hydrogen) atoms. The lowest BCUT2D eigenvalue weighted by Gasteiger charge is -2.22. The fourth-order valence-electron chi connectivity index (χ4n) is 3.98. The zero-order chi connectivity index (χ0) is 27.2. The molecule has 0 radical (unpaired) electrons. The second-order valence-electron chi connectivity index (χ2n) is 9.21. The van der Waals surface area contributed by atoms with Crippen LogP contribution in [0.1, 0.15) is 49.1 Å². The van der Waals surface area contributed by atoms with E-state index in [9.17, 15) is 34.4 Å². The molecule has 0 aliphatic heterocycles. The first kappa shape index (κ1) is 26.7. The fraction of sp³-hybridized carbons (Fsp3) is 0.391. The molecule has 0 saturated heterocycles. The maximum atomic E-state index is 14.0. The lowest BCUT2D eigenvalue weighted by Crippen LogP contribution is -2.38. The Kier molecular flexibility index (Phi) is 7.04. The van der Waals surface area contributed by atoms with Crippen LogP contribution in [0.4, 0.5) is 17.6 Å². The predicted octanol–water partition coefficient (Wildman–Crippen LogP) is 3.60. The molecule has 2 saturated carbocycles. The van der Waals surface area contributed by atoms with E-state index in [2.05, 4.69) is 10.1 Å². The molecule has 1 heterocycles. The summed E-state index contributed by atoms with van der Waals surface area (Å²) in [6, 6.07) is 9.17. The van der Waals surface area contributed by atoms with Gasteiger partial charge in [0.25, 0.3) is 21.6 Å². The van der Waals surface area contributed by atoms with Crippen LogP contribution in [0, 0.1) is 11.6 Å². The van der Waals surface area contributed by atoms with Crippen LogP contribution in [0.5, 0.6) is 0 Å². The van der Waals surface area contributed by atoms with Gasteiger partial charge in [0.1, 0.15) is 11.6 Å². The van der Waals surface area contributed by atoms with Crippen LogP contribution in [0.3, 0.4) is 0 Å². The van der Waals surface area contributed by atoms with Crippen molar-refractivity contribution in [1.29, 1.82) is 0 Å². The maximum absolute atomic E-state index is 14.0. The molecule has 2 aliphatic rings. The molecule has 204 valence electrons. The summed E-state index contributed by atoms with van der Waals surface area (Å²) in [6.45, 7) is -0.450. The molecule has 0 spiro atoms. The molecule has 2 aliphatic carbocycles. The first-order valence-electron chi connectivity index (χ1n) is 11.7. The smallest absolute Gasteiger partial charge is 0.207 e.